The van der Waals surface area contributed by atoms with Crippen LogP contribution >= 0.6 is 0 Å². The van der Waals surface area contributed by atoms with Crippen molar-refractivity contribution in [1.82, 2.24) is 15.1 Å². The Morgan fingerprint density at radius 1 is 1.21 bits per heavy atom. The highest BCUT2D eigenvalue weighted by atomic mass is 16.2. The number of nitrogens with one attached hydrogen (secondary N) is 1. The fraction of sp³-hybridized carbons (Fsp3) is 0.895. The molecule has 5 heteroatoms. The van der Waals surface area contributed by atoms with Crippen LogP contribution in [0, 0.1) is 11.8 Å². The van der Waals surface area contributed by atoms with Crippen molar-refractivity contribution < 1.29 is 4.79 Å². The van der Waals surface area contributed by atoms with Crippen molar-refractivity contribution in [2.75, 3.05) is 39.3 Å². The molecule has 138 valence electrons. The molecule has 2 atom stereocenters. The highest BCUT2D eigenvalue weighted by Crippen LogP contribution is 2.21. The molecule has 0 aliphatic carbocycles. The van der Waals surface area contributed by atoms with Gasteiger partial charge in [-0.15, -0.1) is 0 Å². The van der Waals surface area contributed by atoms with E-state index >= 15 is 0 Å². The molecule has 5 nitrogen and oxygen atoms in total. The number of hydrogen-bond donors (Lipinski definition) is 1. The van der Waals surface area contributed by atoms with Gasteiger partial charge in [-0.2, -0.15) is 0 Å². The third-order valence-electron chi connectivity index (χ3n) is 5.02. The first-order chi connectivity index (χ1) is 11.6. The summed E-state index contributed by atoms with van der Waals surface area (Å²) in [5, 5.41) is 3.45. The summed E-state index contributed by atoms with van der Waals surface area (Å²) in [4.78, 5) is 21.3. The molecule has 0 aromatic heterocycles. The first-order valence-electron chi connectivity index (χ1n) is 9.91. The van der Waals surface area contributed by atoms with Gasteiger partial charge in [0.2, 0.25) is 5.91 Å². The minimum absolute atomic E-state index is 0.335. The third-order valence-corrected chi connectivity index (χ3v) is 5.02. The maximum atomic E-state index is 12.0. The van der Waals surface area contributed by atoms with Gasteiger partial charge < -0.3 is 15.1 Å². The highest BCUT2D eigenvalue weighted by Gasteiger charge is 2.24. The summed E-state index contributed by atoms with van der Waals surface area (Å²) in [7, 11) is 0. The van der Waals surface area contributed by atoms with Crippen LogP contribution in [0.2, 0.25) is 0 Å². The summed E-state index contributed by atoms with van der Waals surface area (Å²) in [5.41, 5.74) is 0. The first-order valence-corrected chi connectivity index (χ1v) is 9.91. The lowest BCUT2D eigenvalue weighted by Gasteiger charge is -2.37. The predicted octanol–water partition coefficient (Wildman–Crippen LogP) is 2.72. The standard InChI is InChI=1S/C19H36N4O/c1-4-20-19(23-14-16(2)13-17(3)15-23)21-10-8-12-22-11-7-5-6-9-18(22)24/h16-17H,4-15H2,1-3H3,(H,20,21). The summed E-state index contributed by atoms with van der Waals surface area (Å²) >= 11 is 0. The average molecular weight is 337 g/mol. The van der Waals surface area contributed by atoms with Crippen molar-refractivity contribution in [1.29, 1.82) is 0 Å². The van der Waals surface area contributed by atoms with Crippen molar-refractivity contribution >= 4 is 11.9 Å². The molecule has 0 spiro atoms. The number of hydrogen-bond acceptors (Lipinski definition) is 2. The molecule has 2 heterocycles. The molecule has 2 rings (SSSR count). The maximum Gasteiger partial charge on any atom is 0.222 e. The lowest BCUT2D eigenvalue weighted by molar-refractivity contribution is -0.130. The number of piperidine rings is 1. The van der Waals surface area contributed by atoms with Crippen molar-refractivity contribution in [3.63, 3.8) is 0 Å². The van der Waals surface area contributed by atoms with Gasteiger partial charge in [0, 0.05) is 45.7 Å². The van der Waals surface area contributed by atoms with Gasteiger partial charge in [-0.25, -0.2) is 0 Å². The Labute approximate surface area is 147 Å². The molecule has 0 radical (unpaired) electrons. The van der Waals surface area contributed by atoms with Crippen LogP contribution in [0.3, 0.4) is 0 Å². The molecule has 2 aliphatic heterocycles. The van der Waals surface area contributed by atoms with Gasteiger partial charge in [-0.3, -0.25) is 9.79 Å². The largest absolute Gasteiger partial charge is 0.357 e. The molecule has 0 bridgehead atoms. The zero-order valence-corrected chi connectivity index (χ0v) is 15.9. The van der Waals surface area contributed by atoms with Crippen molar-refractivity contribution in [2.45, 2.75) is 59.3 Å². The van der Waals surface area contributed by atoms with E-state index in [1.54, 1.807) is 0 Å². The van der Waals surface area contributed by atoms with Crippen molar-refractivity contribution in [3.05, 3.63) is 0 Å². The van der Waals surface area contributed by atoms with E-state index in [9.17, 15) is 4.79 Å². The van der Waals surface area contributed by atoms with E-state index in [0.29, 0.717) is 5.91 Å². The molecule has 0 saturated carbocycles. The summed E-state index contributed by atoms with van der Waals surface area (Å²) in [6.07, 6.45) is 6.41. The van der Waals surface area contributed by atoms with E-state index in [1.165, 1.54) is 12.8 Å². The van der Waals surface area contributed by atoms with E-state index in [4.69, 9.17) is 4.99 Å². The van der Waals surface area contributed by atoms with Gasteiger partial charge >= 0.3 is 0 Å². The number of amides is 1. The van der Waals surface area contributed by atoms with Gasteiger partial charge in [0.05, 0.1) is 0 Å². The monoisotopic (exact) mass is 336 g/mol. The number of aliphatic imine (C=N–C) groups is 1. The lowest BCUT2D eigenvalue weighted by atomic mass is 9.92. The zero-order valence-electron chi connectivity index (χ0n) is 15.9. The quantitative estimate of drug-likeness (QED) is 0.477. The topological polar surface area (TPSA) is 47.9 Å². The number of likely N-dealkylation sites (tertiary alicyclic amines) is 2. The second-order valence-electron chi connectivity index (χ2n) is 7.63. The van der Waals surface area contributed by atoms with Gasteiger partial charge in [0.25, 0.3) is 0 Å². The highest BCUT2D eigenvalue weighted by molar-refractivity contribution is 5.80. The fourth-order valence-electron chi connectivity index (χ4n) is 3.98. The molecule has 24 heavy (non-hydrogen) atoms. The minimum atomic E-state index is 0.335. The van der Waals surface area contributed by atoms with Crippen LogP contribution in [-0.2, 0) is 4.79 Å². The summed E-state index contributed by atoms with van der Waals surface area (Å²) < 4.78 is 0. The third kappa shape index (κ3) is 5.99. The van der Waals surface area contributed by atoms with Gasteiger partial charge in [0.15, 0.2) is 5.96 Å². The molecule has 1 N–H and O–H groups in total. The molecular formula is C19H36N4O. The summed E-state index contributed by atoms with van der Waals surface area (Å²) in [5.74, 6) is 2.85. The van der Waals surface area contributed by atoms with Crippen molar-refractivity contribution in [3.8, 4) is 0 Å². The fourth-order valence-corrected chi connectivity index (χ4v) is 3.98. The molecule has 0 aromatic rings. The Bertz CT molecular complexity index is 414. The second kappa shape index (κ2) is 9.90. The second-order valence-corrected chi connectivity index (χ2v) is 7.63. The Morgan fingerprint density at radius 2 is 1.96 bits per heavy atom. The van der Waals surface area contributed by atoms with Crippen LogP contribution in [0.1, 0.15) is 59.3 Å². The normalized spacial score (nSPS) is 26.5. The van der Waals surface area contributed by atoms with Crippen LogP contribution in [0.15, 0.2) is 4.99 Å². The molecule has 2 saturated heterocycles. The molecule has 0 aromatic carbocycles. The smallest absolute Gasteiger partial charge is 0.222 e. The summed E-state index contributed by atoms with van der Waals surface area (Å²) in [6, 6.07) is 0. The van der Waals surface area contributed by atoms with E-state index in [-0.39, 0.29) is 0 Å². The Morgan fingerprint density at radius 3 is 2.67 bits per heavy atom. The molecule has 2 fully saturated rings. The first kappa shape index (κ1) is 19.1. The Hall–Kier alpha value is -1.26. The lowest BCUT2D eigenvalue weighted by Crippen LogP contribution is -2.48. The SMILES string of the molecule is CCNC(=NCCCN1CCCCCC1=O)N1CC(C)CC(C)C1. The number of guanidine groups is 1. The average Bonchev–Trinajstić information content (AvgIpc) is 2.74. The van der Waals surface area contributed by atoms with Gasteiger partial charge in [-0.05, 0) is 44.4 Å². The van der Waals surface area contributed by atoms with Gasteiger partial charge in [-0.1, -0.05) is 20.3 Å². The maximum absolute atomic E-state index is 12.0. The number of carbonyl (C=O) groups excluding carboxylic acids is 1. The predicted molar refractivity (Wildman–Crippen MR) is 100 cm³/mol. The van der Waals surface area contributed by atoms with E-state index < -0.39 is 0 Å². The molecule has 2 aliphatic rings. The van der Waals surface area contributed by atoms with Crippen LogP contribution in [-0.4, -0.2) is 60.9 Å². The zero-order chi connectivity index (χ0) is 17.4. The number of nitrogens with zero attached hydrogens (tertiary/aromatic N) is 3. The molecule has 1 amide bonds. The molecular weight excluding hydrogens is 300 g/mol. The van der Waals surface area contributed by atoms with Crippen LogP contribution < -0.4 is 5.32 Å². The van der Waals surface area contributed by atoms with Crippen LogP contribution in [0.5, 0.6) is 0 Å². The van der Waals surface area contributed by atoms with E-state index in [1.807, 2.05) is 4.90 Å². The van der Waals surface area contributed by atoms with E-state index in [0.717, 1.165) is 82.7 Å². The molecule has 2 unspecified atom stereocenters. The summed E-state index contributed by atoms with van der Waals surface area (Å²) in [6.45, 7) is 12.5. The Balaban J connectivity index is 1.83. The van der Waals surface area contributed by atoms with E-state index in [2.05, 4.69) is 31.0 Å². The van der Waals surface area contributed by atoms with Crippen molar-refractivity contribution in [2.24, 2.45) is 16.8 Å². The number of carbonyl (C=O) groups is 1. The van der Waals surface area contributed by atoms with Gasteiger partial charge in [0.1, 0.15) is 0 Å². The Kier molecular flexibility index (Phi) is 7.86. The minimum Gasteiger partial charge on any atom is -0.357 e. The van der Waals surface area contributed by atoms with Crippen LogP contribution in [0.4, 0.5) is 0 Å². The number of rotatable bonds is 5. The van der Waals surface area contributed by atoms with Crippen LogP contribution in [0.25, 0.3) is 0 Å².